The van der Waals surface area contributed by atoms with Crippen molar-refractivity contribution in [1.82, 2.24) is 0 Å². The van der Waals surface area contributed by atoms with Crippen molar-refractivity contribution in [3.63, 3.8) is 0 Å². The maximum absolute atomic E-state index is 8.26. The molecule has 0 aliphatic heterocycles. The SMILES string of the molecule is C/C=C\C(=C/CC)C(=N)/C(CCCC)=C(/C)N. The molecule has 0 bridgehead atoms. The zero-order valence-electron chi connectivity index (χ0n) is 11.6. The van der Waals surface area contributed by atoms with E-state index in [9.17, 15) is 0 Å². The van der Waals surface area contributed by atoms with E-state index in [1.54, 1.807) is 0 Å². The molecule has 0 radical (unpaired) electrons. The molecule has 0 amide bonds. The highest BCUT2D eigenvalue weighted by Gasteiger charge is 2.10. The maximum atomic E-state index is 8.26. The number of allylic oxidation sites excluding steroid dienone is 6. The highest BCUT2D eigenvalue weighted by atomic mass is 14.6. The second kappa shape index (κ2) is 8.80. The number of hydrogen-bond donors (Lipinski definition) is 2. The van der Waals surface area contributed by atoms with Gasteiger partial charge in [-0.25, -0.2) is 0 Å². The minimum Gasteiger partial charge on any atom is -0.402 e. The van der Waals surface area contributed by atoms with E-state index in [4.69, 9.17) is 11.1 Å². The lowest BCUT2D eigenvalue weighted by atomic mass is 9.95. The van der Waals surface area contributed by atoms with Crippen molar-refractivity contribution in [2.45, 2.75) is 53.4 Å². The van der Waals surface area contributed by atoms with Gasteiger partial charge in [0.1, 0.15) is 0 Å². The Morgan fingerprint density at radius 1 is 1.29 bits per heavy atom. The summed E-state index contributed by atoms with van der Waals surface area (Å²) in [6.45, 7) is 8.10. The fourth-order valence-corrected chi connectivity index (χ4v) is 1.70. The molecule has 2 nitrogen and oxygen atoms in total. The van der Waals surface area contributed by atoms with E-state index in [-0.39, 0.29) is 0 Å². The van der Waals surface area contributed by atoms with E-state index < -0.39 is 0 Å². The number of unbranched alkanes of at least 4 members (excludes halogenated alkanes) is 1. The molecule has 0 atom stereocenters. The Kier molecular flexibility index (Phi) is 8.12. The zero-order valence-corrected chi connectivity index (χ0v) is 11.6. The number of nitrogens with two attached hydrogens (primary N) is 1. The molecule has 0 rings (SSSR count). The van der Waals surface area contributed by atoms with Gasteiger partial charge in [-0.05, 0) is 44.3 Å². The normalized spacial score (nSPS) is 14.0. The minimum absolute atomic E-state index is 0.582. The Labute approximate surface area is 106 Å². The third-order valence-electron chi connectivity index (χ3n) is 2.62. The first-order valence-electron chi connectivity index (χ1n) is 6.45. The van der Waals surface area contributed by atoms with Crippen LogP contribution in [0.2, 0.25) is 0 Å². The van der Waals surface area contributed by atoms with E-state index in [2.05, 4.69) is 19.9 Å². The summed E-state index contributed by atoms with van der Waals surface area (Å²) >= 11 is 0. The average molecular weight is 234 g/mol. The van der Waals surface area contributed by atoms with Crippen LogP contribution in [0.15, 0.2) is 35.1 Å². The van der Waals surface area contributed by atoms with E-state index in [0.29, 0.717) is 5.71 Å². The molecule has 0 fully saturated rings. The van der Waals surface area contributed by atoms with Crippen LogP contribution in [0.4, 0.5) is 0 Å². The molecule has 2 heteroatoms. The summed E-state index contributed by atoms with van der Waals surface area (Å²) < 4.78 is 0. The fourth-order valence-electron chi connectivity index (χ4n) is 1.70. The predicted molar refractivity (Wildman–Crippen MR) is 77.3 cm³/mol. The van der Waals surface area contributed by atoms with Gasteiger partial charge in [0.25, 0.3) is 0 Å². The first kappa shape index (κ1) is 15.7. The Hall–Kier alpha value is -1.31. The molecule has 0 saturated heterocycles. The van der Waals surface area contributed by atoms with Gasteiger partial charge in [0, 0.05) is 5.70 Å². The van der Waals surface area contributed by atoms with Gasteiger partial charge in [-0.2, -0.15) is 0 Å². The monoisotopic (exact) mass is 234 g/mol. The molecular formula is C15H26N2. The van der Waals surface area contributed by atoms with Gasteiger partial charge in [0.05, 0.1) is 5.71 Å². The quantitative estimate of drug-likeness (QED) is 0.499. The van der Waals surface area contributed by atoms with Gasteiger partial charge >= 0.3 is 0 Å². The molecule has 3 N–H and O–H groups in total. The van der Waals surface area contributed by atoms with Crippen molar-refractivity contribution in [3.8, 4) is 0 Å². The smallest absolute Gasteiger partial charge is 0.0657 e. The zero-order chi connectivity index (χ0) is 13.3. The van der Waals surface area contributed by atoms with Crippen molar-refractivity contribution in [2.24, 2.45) is 5.73 Å². The summed E-state index contributed by atoms with van der Waals surface area (Å²) in [4.78, 5) is 0. The van der Waals surface area contributed by atoms with Crippen molar-refractivity contribution in [1.29, 1.82) is 5.41 Å². The number of nitrogens with one attached hydrogen (secondary N) is 1. The first-order chi connectivity index (χ1) is 8.08. The van der Waals surface area contributed by atoms with Gasteiger partial charge < -0.3 is 5.73 Å². The van der Waals surface area contributed by atoms with E-state index in [0.717, 1.165) is 42.5 Å². The van der Waals surface area contributed by atoms with E-state index in [1.165, 1.54) is 0 Å². The fraction of sp³-hybridized carbons (Fsp3) is 0.533. The largest absolute Gasteiger partial charge is 0.402 e. The molecule has 17 heavy (non-hydrogen) atoms. The topological polar surface area (TPSA) is 49.9 Å². The molecule has 0 spiro atoms. The van der Waals surface area contributed by atoms with Crippen molar-refractivity contribution < 1.29 is 0 Å². The standard InChI is InChI=1S/C15H26N2/c1-5-8-11-14(12(4)16)15(17)13(9-6-2)10-7-3/h6,9-10,17H,5,7-8,11,16H2,1-4H3/b9-6-,13-10+,14-12-,17-15?. The van der Waals surface area contributed by atoms with Gasteiger partial charge in [0.15, 0.2) is 0 Å². The Bertz CT molecular complexity index is 329. The van der Waals surface area contributed by atoms with Crippen LogP contribution in [0.3, 0.4) is 0 Å². The first-order valence-corrected chi connectivity index (χ1v) is 6.45. The highest BCUT2D eigenvalue weighted by molar-refractivity contribution is 6.12. The summed E-state index contributed by atoms with van der Waals surface area (Å²) in [5.41, 5.74) is 9.22. The molecular weight excluding hydrogens is 208 g/mol. The Morgan fingerprint density at radius 2 is 1.94 bits per heavy atom. The van der Waals surface area contributed by atoms with Crippen LogP contribution in [0.5, 0.6) is 0 Å². The van der Waals surface area contributed by atoms with Crippen molar-refractivity contribution in [2.75, 3.05) is 0 Å². The molecule has 0 aromatic carbocycles. The summed E-state index contributed by atoms with van der Waals surface area (Å²) in [5.74, 6) is 0. The molecule has 0 aromatic heterocycles. The molecule has 0 aliphatic rings. The average Bonchev–Trinajstić information content (AvgIpc) is 2.28. The third-order valence-corrected chi connectivity index (χ3v) is 2.62. The lowest BCUT2D eigenvalue weighted by molar-refractivity contribution is 0.796. The lowest BCUT2D eigenvalue weighted by Gasteiger charge is -2.12. The predicted octanol–water partition coefficient (Wildman–Crippen LogP) is 4.34. The van der Waals surface area contributed by atoms with Crippen LogP contribution < -0.4 is 5.73 Å². The van der Waals surface area contributed by atoms with Crippen LogP contribution in [0.25, 0.3) is 0 Å². The summed E-state index contributed by atoms with van der Waals surface area (Å²) in [6.07, 6.45) is 10.1. The molecule has 0 saturated carbocycles. The van der Waals surface area contributed by atoms with Crippen molar-refractivity contribution >= 4 is 5.71 Å². The molecule has 0 aromatic rings. The third kappa shape index (κ3) is 5.53. The number of hydrogen-bond acceptors (Lipinski definition) is 2. The number of rotatable bonds is 7. The maximum Gasteiger partial charge on any atom is 0.0657 e. The van der Waals surface area contributed by atoms with Gasteiger partial charge in [0.2, 0.25) is 0 Å². The van der Waals surface area contributed by atoms with Gasteiger partial charge in [-0.15, -0.1) is 0 Å². The molecule has 0 unspecified atom stereocenters. The van der Waals surface area contributed by atoms with Crippen LogP contribution in [-0.2, 0) is 0 Å². The highest BCUT2D eigenvalue weighted by Crippen LogP contribution is 2.17. The van der Waals surface area contributed by atoms with Gasteiger partial charge in [-0.3, -0.25) is 5.41 Å². The van der Waals surface area contributed by atoms with E-state index >= 15 is 0 Å². The van der Waals surface area contributed by atoms with E-state index in [1.807, 2.05) is 26.0 Å². The summed E-state index contributed by atoms with van der Waals surface area (Å²) in [5, 5.41) is 8.26. The summed E-state index contributed by atoms with van der Waals surface area (Å²) in [7, 11) is 0. The van der Waals surface area contributed by atoms with Crippen LogP contribution in [-0.4, -0.2) is 5.71 Å². The van der Waals surface area contributed by atoms with Crippen molar-refractivity contribution in [3.05, 3.63) is 35.1 Å². The second-order valence-corrected chi connectivity index (χ2v) is 4.21. The van der Waals surface area contributed by atoms with Crippen LogP contribution >= 0.6 is 0 Å². The second-order valence-electron chi connectivity index (χ2n) is 4.21. The minimum atomic E-state index is 0.582. The summed E-state index contributed by atoms with van der Waals surface area (Å²) in [6, 6.07) is 0. The Balaban J connectivity index is 5.07. The molecule has 96 valence electrons. The molecule has 0 heterocycles. The molecule has 0 aliphatic carbocycles. The lowest BCUT2D eigenvalue weighted by Crippen LogP contribution is -2.10. The Morgan fingerprint density at radius 3 is 2.35 bits per heavy atom. The van der Waals surface area contributed by atoms with Crippen LogP contribution in [0.1, 0.15) is 53.4 Å². The van der Waals surface area contributed by atoms with Gasteiger partial charge in [-0.1, -0.05) is 38.5 Å². The van der Waals surface area contributed by atoms with Crippen LogP contribution in [0, 0.1) is 5.41 Å².